The van der Waals surface area contributed by atoms with E-state index in [4.69, 9.17) is 0 Å². The van der Waals surface area contributed by atoms with Crippen molar-refractivity contribution in [1.82, 2.24) is 10.2 Å². The van der Waals surface area contributed by atoms with Gasteiger partial charge in [0.2, 0.25) is 11.0 Å². The number of unbranched alkanes of at least 4 members (excludes halogenated alkanes) is 1. The number of hydrogen-bond donors (Lipinski definition) is 0. The highest BCUT2D eigenvalue weighted by atomic mass is 32.2. The molecule has 16 heavy (non-hydrogen) atoms. The number of amides is 1. The largest absolute Gasteiger partial charge is 0.273 e. The molecule has 1 fully saturated rings. The predicted octanol–water partition coefficient (Wildman–Crippen LogP) is 2.30. The number of anilines is 1. The maximum Gasteiger partial charge on any atom is 0.240 e. The molecule has 0 saturated carbocycles. The molecule has 0 bridgehead atoms. The van der Waals surface area contributed by atoms with Gasteiger partial charge in [-0.3, -0.25) is 9.69 Å². The highest BCUT2D eigenvalue weighted by Crippen LogP contribution is 2.32. The van der Waals surface area contributed by atoms with Crippen molar-refractivity contribution in [2.45, 2.75) is 25.1 Å². The molecule has 1 aliphatic heterocycles. The fraction of sp³-hybridized carbons (Fsp3) is 0.500. The fourth-order valence-electron chi connectivity index (χ4n) is 1.45. The molecule has 0 aromatic carbocycles. The number of thioether (sulfide) groups is 1. The van der Waals surface area contributed by atoms with Crippen LogP contribution in [0, 0.1) is 0 Å². The normalized spacial score (nSPS) is 21.2. The van der Waals surface area contributed by atoms with Crippen LogP contribution in [-0.4, -0.2) is 27.2 Å². The van der Waals surface area contributed by atoms with Crippen LogP contribution in [0.4, 0.5) is 5.13 Å². The minimum Gasteiger partial charge on any atom is -0.273 e. The van der Waals surface area contributed by atoms with Crippen molar-refractivity contribution in [3.63, 3.8) is 0 Å². The van der Waals surface area contributed by atoms with Crippen molar-refractivity contribution < 1.29 is 4.79 Å². The van der Waals surface area contributed by atoms with E-state index in [2.05, 4.69) is 29.3 Å². The van der Waals surface area contributed by atoms with Crippen LogP contribution in [-0.2, 0) is 4.79 Å². The zero-order valence-electron chi connectivity index (χ0n) is 9.00. The predicted molar refractivity (Wildman–Crippen MR) is 67.7 cm³/mol. The van der Waals surface area contributed by atoms with Gasteiger partial charge in [0, 0.05) is 0 Å². The van der Waals surface area contributed by atoms with Gasteiger partial charge < -0.3 is 0 Å². The Morgan fingerprint density at radius 3 is 3.25 bits per heavy atom. The molecule has 1 aliphatic rings. The number of aromatic nitrogens is 2. The molecule has 0 spiro atoms. The SMILES string of the molecule is CCC/C=C\[C@H]1SCC(=O)N1c1nncs1. The van der Waals surface area contributed by atoms with E-state index in [0.717, 1.165) is 12.8 Å². The monoisotopic (exact) mass is 255 g/mol. The molecule has 2 heterocycles. The van der Waals surface area contributed by atoms with Crippen LogP contribution >= 0.6 is 23.1 Å². The van der Waals surface area contributed by atoms with Gasteiger partial charge in [-0.25, -0.2) is 0 Å². The molecule has 6 heteroatoms. The number of allylic oxidation sites excluding steroid dienone is 1. The summed E-state index contributed by atoms with van der Waals surface area (Å²) in [6.07, 6.45) is 6.39. The third kappa shape index (κ3) is 2.44. The van der Waals surface area contributed by atoms with Crippen LogP contribution in [0.1, 0.15) is 19.8 Å². The van der Waals surface area contributed by atoms with Crippen LogP contribution < -0.4 is 4.90 Å². The lowest BCUT2D eigenvalue weighted by Crippen LogP contribution is -2.31. The van der Waals surface area contributed by atoms with Crippen molar-refractivity contribution in [1.29, 1.82) is 0 Å². The summed E-state index contributed by atoms with van der Waals surface area (Å²) < 4.78 is 0. The first-order valence-electron chi connectivity index (χ1n) is 5.19. The van der Waals surface area contributed by atoms with Gasteiger partial charge in [0.05, 0.1) is 5.75 Å². The Hall–Kier alpha value is -0.880. The number of nitrogens with zero attached hydrogens (tertiary/aromatic N) is 3. The van der Waals surface area contributed by atoms with Crippen LogP contribution in [0.5, 0.6) is 0 Å². The topological polar surface area (TPSA) is 46.1 Å². The average Bonchev–Trinajstić information content (AvgIpc) is 2.88. The lowest BCUT2D eigenvalue weighted by Gasteiger charge is -2.17. The molecule has 86 valence electrons. The second-order valence-corrected chi connectivity index (χ2v) is 5.32. The zero-order valence-corrected chi connectivity index (χ0v) is 10.6. The maximum atomic E-state index is 11.7. The van der Waals surface area contributed by atoms with E-state index in [9.17, 15) is 4.79 Å². The molecule has 1 saturated heterocycles. The summed E-state index contributed by atoms with van der Waals surface area (Å²) in [6, 6.07) is 0. The summed E-state index contributed by atoms with van der Waals surface area (Å²) >= 11 is 3.04. The van der Waals surface area contributed by atoms with E-state index in [-0.39, 0.29) is 11.3 Å². The Bertz CT molecular complexity index is 377. The molecule has 0 N–H and O–H groups in total. The summed E-state index contributed by atoms with van der Waals surface area (Å²) in [5.41, 5.74) is 1.65. The van der Waals surface area contributed by atoms with E-state index >= 15 is 0 Å². The first-order chi connectivity index (χ1) is 7.83. The minimum absolute atomic E-state index is 0.0898. The second kappa shape index (κ2) is 5.45. The quantitative estimate of drug-likeness (QED) is 0.774. The van der Waals surface area contributed by atoms with Crippen molar-refractivity contribution in [2.75, 3.05) is 10.7 Å². The van der Waals surface area contributed by atoms with Crippen molar-refractivity contribution in [3.05, 3.63) is 17.7 Å². The Morgan fingerprint density at radius 1 is 1.69 bits per heavy atom. The number of rotatable bonds is 4. The van der Waals surface area contributed by atoms with Crippen LogP contribution in [0.3, 0.4) is 0 Å². The maximum absolute atomic E-state index is 11.7. The van der Waals surface area contributed by atoms with Gasteiger partial charge in [-0.15, -0.1) is 22.0 Å². The van der Waals surface area contributed by atoms with Gasteiger partial charge in [-0.1, -0.05) is 36.8 Å². The first kappa shape index (κ1) is 11.6. The Labute approximate surface area is 103 Å². The van der Waals surface area contributed by atoms with E-state index in [1.165, 1.54) is 11.3 Å². The van der Waals surface area contributed by atoms with Crippen LogP contribution in [0.2, 0.25) is 0 Å². The first-order valence-corrected chi connectivity index (χ1v) is 7.12. The van der Waals surface area contributed by atoms with Crippen molar-refractivity contribution in [2.24, 2.45) is 0 Å². The highest BCUT2D eigenvalue weighted by molar-refractivity contribution is 8.01. The Morgan fingerprint density at radius 2 is 2.56 bits per heavy atom. The smallest absolute Gasteiger partial charge is 0.240 e. The summed E-state index contributed by atoms with van der Waals surface area (Å²) in [5.74, 6) is 0.647. The molecule has 0 radical (unpaired) electrons. The molecular formula is C10H13N3OS2. The summed E-state index contributed by atoms with van der Waals surface area (Å²) in [4.78, 5) is 13.5. The molecule has 2 rings (SSSR count). The molecule has 4 nitrogen and oxygen atoms in total. The summed E-state index contributed by atoms with van der Waals surface area (Å²) in [6.45, 7) is 2.14. The van der Waals surface area contributed by atoms with Gasteiger partial charge in [-0.05, 0) is 6.42 Å². The average molecular weight is 255 g/mol. The lowest BCUT2D eigenvalue weighted by molar-refractivity contribution is -0.115. The van der Waals surface area contributed by atoms with E-state index in [0.29, 0.717) is 10.9 Å². The number of carbonyl (C=O) groups is 1. The number of carbonyl (C=O) groups excluding carboxylic acids is 1. The molecule has 1 aromatic heterocycles. The van der Waals surface area contributed by atoms with Gasteiger partial charge in [0.15, 0.2) is 0 Å². The summed E-state index contributed by atoms with van der Waals surface area (Å²) in [7, 11) is 0. The number of hydrogen-bond acceptors (Lipinski definition) is 5. The zero-order chi connectivity index (χ0) is 11.4. The molecule has 1 atom stereocenters. The molecule has 0 aliphatic carbocycles. The fourth-order valence-corrected chi connectivity index (χ4v) is 3.17. The lowest BCUT2D eigenvalue weighted by atomic mass is 10.3. The van der Waals surface area contributed by atoms with Crippen LogP contribution in [0.25, 0.3) is 0 Å². The third-order valence-electron chi connectivity index (χ3n) is 2.21. The van der Waals surface area contributed by atoms with Gasteiger partial charge in [-0.2, -0.15) is 0 Å². The van der Waals surface area contributed by atoms with E-state index < -0.39 is 0 Å². The molecule has 1 amide bonds. The van der Waals surface area contributed by atoms with Gasteiger partial charge in [0.25, 0.3) is 0 Å². The highest BCUT2D eigenvalue weighted by Gasteiger charge is 2.32. The standard InChI is InChI=1S/C10H13N3OS2/c1-2-3-4-5-9-13(8(14)6-15-9)10-12-11-7-16-10/h4-5,7,9H,2-3,6H2,1H3/b5-4-/t9-/m1/s1. The summed E-state index contributed by atoms with van der Waals surface area (Å²) in [5, 5.41) is 8.51. The Balaban J connectivity index is 2.10. The van der Waals surface area contributed by atoms with E-state index in [1.54, 1.807) is 22.2 Å². The van der Waals surface area contributed by atoms with Gasteiger partial charge in [0.1, 0.15) is 10.9 Å². The Kier molecular flexibility index (Phi) is 3.95. The third-order valence-corrected chi connectivity index (χ3v) is 4.02. The molecular weight excluding hydrogens is 242 g/mol. The van der Waals surface area contributed by atoms with Gasteiger partial charge >= 0.3 is 0 Å². The molecule has 1 aromatic rings. The second-order valence-electron chi connectivity index (χ2n) is 3.40. The van der Waals surface area contributed by atoms with E-state index in [1.807, 2.05) is 0 Å². The van der Waals surface area contributed by atoms with Crippen LogP contribution in [0.15, 0.2) is 17.7 Å². The van der Waals surface area contributed by atoms with Crippen molar-refractivity contribution in [3.8, 4) is 0 Å². The molecule has 0 unspecified atom stereocenters. The minimum atomic E-state index is 0.0898. The van der Waals surface area contributed by atoms with Crippen molar-refractivity contribution >= 4 is 34.1 Å².